The van der Waals surface area contributed by atoms with Gasteiger partial charge in [-0.1, -0.05) is 6.92 Å². The van der Waals surface area contributed by atoms with E-state index in [4.69, 9.17) is 9.47 Å². The van der Waals surface area contributed by atoms with E-state index in [1.165, 1.54) is 24.3 Å². The van der Waals surface area contributed by atoms with Crippen LogP contribution in [0, 0.1) is 0 Å². The molecule has 23 heavy (non-hydrogen) atoms. The van der Waals surface area contributed by atoms with Gasteiger partial charge in [-0.25, -0.2) is 4.98 Å². The van der Waals surface area contributed by atoms with Gasteiger partial charge in [-0.3, -0.25) is 4.79 Å². The highest BCUT2D eigenvalue weighted by Crippen LogP contribution is 2.30. The lowest BCUT2D eigenvalue weighted by Crippen LogP contribution is -2.06. The Labute approximate surface area is 130 Å². The molecule has 2 aromatic rings. The molecule has 2 rings (SSSR count). The van der Waals surface area contributed by atoms with E-state index in [-0.39, 0.29) is 11.8 Å². The first kappa shape index (κ1) is 16.8. The third kappa shape index (κ3) is 4.98. The van der Waals surface area contributed by atoms with Gasteiger partial charge in [-0.05, 0) is 36.8 Å². The van der Waals surface area contributed by atoms with E-state index >= 15 is 0 Å². The first-order valence-electron chi connectivity index (χ1n) is 6.90. The number of esters is 1. The molecular weight excluding hydrogens is 311 g/mol. The lowest BCUT2D eigenvalue weighted by molar-refractivity contribution is -0.138. The molecule has 0 spiro atoms. The van der Waals surface area contributed by atoms with Crippen molar-refractivity contribution in [3.05, 3.63) is 48.2 Å². The standard InChI is InChI=1S/C16H14F3NO3/c1-2-3-15(21)23-13-7-5-12(6-8-13)22-14-9-4-11(10-20-14)16(17,18)19/h4-10H,2-3H2,1H3. The van der Waals surface area contributed by atoms with Gasteiger partial charge in [0.05, 0.1) is 5.56 Å². The monoisotopic (exact) mass is 325 g/mol. The van der Waals surface area contributed by atoms with Gasteiger partial charge in [0.25, 0.3) is 0 Å². The molecule has 0 bridgehead atoms. The van der Waals surface area contributed by atoms with Gasteiger partial charge in [-0.15, -0.1) is 0 Å². The predicted molar refractivity (Wildman–Crippen MR) is 76.3 cm³/mol. The highest BCUT2D eigenvalue weighted by molar-refractivity contribution is 5.72. The molecule has 0 aliphatic rings. The number of pyridine rings is 1. The van der Waals surface area contributed by atoms with Crippen LogP contribution >= 0.6 is 0 Å². The largest absolute Gasteiger partial charge is 0.439 e. The third-order valence-electron chi connectivity index (χ3n) is 2.80. The number of carbonyl (C=O) groups excluding carboxylic acids is 1. The van der Waals surface area contributed by atoms with E-state index in [1.807, 2.05) is 6.92 Å². The second kappa shape index (κ2) is 7.13. The molecule has 1 heterocycles. The Hall–Kier alpha value is -2.57. The van der Waals surface area contributed by atoms with Crippen molar-refractivity contribution >= 4 is 5.97 Å². The summed E-state index contributed by atoms with van der Waals surface area (Å²) in [6, 6.07) is 8.17. The number of nitrogens with zero attached hydrogens (tertiary/aromatic N) is 1. The predicted octanol–water partition coefficient (Wildman–Crippen LogP) is 4.60. The summed E-state index contributed by atoms with van der Waals surface area (Å²) >= 11 is 0. The zero-order chi connectivity index (χ0) is 16.9. The third-order valence-corrected chi connectivity index (χ3v) is 2.80. The van der Waals surface area contributed by atoms with Crippen molar-refractivity contribution in [1.29, 1.82) is 0 Å². The maximum atomic E-state index is 12.4. The molecule has 0 N–H and O–H groups in total. The van der Waals surface area contributed by atoms with Crippen molar-refractivity contribution in [1.82, 2.24) is 4.98 Å². The molecule has 0 saturated heterocycles. The Bertz CT molecular complexity index is 652. The molecule has 0 saturated carbocycles. The highest BCUT2D eigenvalue weighted by atomic mass is 19.4. The van der Waals surface area contributed by atoms with Crippen molar-refractivity contribution in [2.24, 2.45) is 0 Å². The Morgan fingerprint density at radius 3 is 2.26 bits per heavy atom. The van der Waals surface area contributed by atoms with Crippen LogP contribution < -0.4 is 9.47 Å². The minimum absolute atomic E-state index is 0.0359. The van der Waals surface area contributed by atoms with Gasteiger partial charge in [-0.2, -0.15) is 13.2 Å². The molecule has 0 unspecified atom stereocenters. The van der Waals surface area contributed by atoms with Gasteiger partial charge in [0.15, 0.2) is 0 Å². The molecule has 0 amide bonds. The van der Waals surface area contributed by atoms with Gasteiger partial charge in [0.1, 0.15) is 11.5 Å². The van der Waals surface area contributed by atoms with Crippen LogP contribution in [0.15, 0.2) is 42.6 Å². The summed E-state index contributed by atoms with van der Waals surface area (Å²) in [7, 11) is 0. The van der Waals surface area contributed by atoms with Crippen molar-refractivity contribution < 1.29 is 27.4 Å². The lowest BCUT2D eigenvalue weighted by Gasteiger charge is -2.08. The van der Waals surface area contributed by atoms with Crippen LogP contribution in [0.25, 0.3) is 0 Å². The Morgan fingerprint density at radius 2 is 1.74 bits per heavy atom. The number of rotatable bonds is 5. The molecule has 0 aliphatic heterocycles. The smallest absolute Gasteiger partial charge is 0.417 e. The van der Waals surface area contributed by atoms with Gasteiger partial charge in [0.2, 0.25) is 5.88 Å². The molecule has 122 valence electrons. The first-order valence-corrected chi connectivity index (χ1v) is 6.90. The van der Waals surface area contributed by atoms with Crippen LogP contribution in [-0.4, -0.2) is 11.0 Å². The fourth-order valence-corrected chi connectivity index (χ4v) is 1.69. The Balaban J connectivity index is 1.99. The second-order valence-corrected chi connectivity index (χ2v) is 4.68. The molecule has 0 fully saturated rings. The van der Waals surface area contributed by atoms with Crippen LogP contribution in [0.5, 0.6) is 17.4 Å². The molecule has 0 atom stereocenters. The fraction of sp³-hybridized carbons (Fsp3) is 0.250. The van der Waals surface area contributed by atoms with E-state index in [1.54, 1.807) is 0 Å². The minimum atomic E-state index is -4.43. The molecule has 1 aromatic heterocycles. The van der Waals surface area contributed by atoms with E-state index < -0.39 is 11.7 Å². The van der Waals surface area contributed by atoms with Crippen molar-refractivity contribution in [3.63, 3.8) is 0 Å². The molecule has 0 aliphatic carbocycles. The summed E-state index contributed by atoms with van der Waals surface area (Å²) in [5.41, 5.74) is -0.844. The number of carbonyl (C=O) groups is 1. The summed E-state index contributed by atoms with van der Waals surface area (Å²) in [6.45, 7) is 1.87. The minimum Gasteiger partial charge on any atom is -0.439 e. The molecule has 1 aromatic carbocycles. The van der Waals surface area contributed by atoms with Gasteiger partial charge >= 0.3 is 12.1 Å². The first-order chi connectivity index (χ1) is 10.9. The summed E-state index contributed by atoms with van der Waals surface area (Å²) in [4.78, 5) is 15.0. The SMILES string of the molecule is CCCC(=O)Oc1ccc(Oc2ccc(C(F)(F)F)cn2)cc1. The molecular formula is C16H14F3NO3. The maximum absolute atomic E-state index is 12.4. The van der Waals surface area contributed by atoms with E-state index in [9.17, 15) is 18.0 Å². The zero-order valence-corrected chi connectivity index (χ0v) is 12.3. The average Bonchev–Trinajstić information content (AvgIpc) is 2.49. The van der Waals surface area contributed by atoms with Crippen molar-refractivity contribution in [3.8, 4) is 17.4 Å². The number of hydrogen-bond acceptors (Lipinski definition) is 4. The van der Waals surface area contributed by atoms with Gasteiger partial charge in [0, 0.05) is 18.7 Å². The normalized spacial score (nSPS) is 11.1. The summed E-state index contributed by atoms with van der Waals surface area (Å²) in [5.74, 6) is 0.447. The number of aromatic nitrogens is 1. The zero-order valence-electron chi connectivity index (χ0n) is 12.3. The van der Waals surface area contributed by atoms with Crippen molar-refractivity contribution in [2.75, 3.05) is 0 Å². The van der Waals surface area contributed by atoms with Crippen LogP contribution in [0.4, 0.5) is 13.2 Å². The number of hydrogen-bond donors (Lipinski definition) is 0. The Kier molecular flexibility index (Phi) is 5.20. The summed E-state index contributed by atoms with van der Waals surface area (Å²) in [5, 5.41) is 0. The summed E-state index contributed by atoms with van der Waals surface area (Å²) < 4.78 is 47.7. The van der Waals surface area contributed by atoms with Crippen molar-refractivity contribution in [2.45, 2.75) is 25.9 Å². The fourth-order valence-electron chi connectivity index (χ4n) is 1.69. The number of halogens is 3. The molecule has 7 heteroatoms. The second-order valence-electron chi connectivity index (χ2n) is 4.68. The number of alkyl halides is 3. The molecule has 4 nitrogen and oxygen atoms in total. The van der Waals surface area contributed by atoms with Crippen LogP contribution in [0.3, 0.4) is 0 Å². The lowest BCUT2D eigenvalue weighted by atomic mass is 10.3. The highest BCUT2D eigenvalue weighted by Gasteiger charge is 2.30. The number of ether oxygens (including phenoxy) is 2. The van der Waals surface area contributed by atoms with E-state index in [0.29, 0.717) is 30.5 Å². The Morgan fingerprint density at radius 1 is 1.09 bits per heavy atom. The molecule has 0 radical (unpaired) electrons. The van der Waals surface area contributed by atoms with Crippen LogP contribution in [-0.2, 0) is 11.0 Å². The van der Waals surface area contributed by atoms with Crippen LogP contribution in [0.1, 0.15) is 25.3 Å². The topological polar surface area (TPSA) is 48.4 Å². The maximum Gasteiger partial charge on any atom is 0.417 e. The summed E-state index contributed by atoms with van der Waals surface area (Å²) in [6.07, 6.45) is -2.71. The van der Waals surface area contributed by atoms with E-state index in [2.05, 4.69) is 4.98 Å². The van der Waals surface area contributed by atoms with E-state index in [0.717, 1.165) is 12.1 Å². The number of benzene rings is 1. The van der Waals surface area contributed by atoms with Crippen LogP contribution in [0.2, 0.25) is 0 Å². The quantitative estimate of drug-likeness (QED) is 0.595. The average molecular weight is 325 g/mol. The van der Waals surface area contributed by atoms with Gasteiger partial charge < -0.3 is 9.47 Å².